The fourth-order valence-electron chi connectivity index (χ4n) is 1.75. The molecule has 0 aromatic heterocycles. The number of hydrogen-bond acceptors (Lipinski definition) is 3. The number of nitrogens with one attached hydrogen (secondary N) is 1. The normalized spacial score (nSPS) is 15.2. The van der Waals surface area contributed by atoms with Gasteiger partial charge in [-0.05, 0) is 24.1 Å². The summed E-state index contributed by atoms with van der Waals surface area (Å²) in [5.74, 6) is 0.367. The second kappa shape index (κ2) is 5.03. The summed E-state index contributed by atoms with van der Waals surface area (Å²) in [6, 6.07) is 5.50. The molecule has 1 N–H and O–H groups in total. The number of rotatable bonds is 3. The molecular formula is C12H14FNO3. The highest BCUT2D eigenvalue weighted by molar-refractivity contribution is 5.77. The van der Waals surface area contributed by atoms with Gasteiger partial charge in [0.15, 0.2) is 11.5 Å². The van der Waals surface area contributed by atoms with Crippen LogP contribution >= 0.6 is 0 Å². The molecule has 0 bridgehead atoms. The molecule has 0 fully saturated rings. The maximum absolute atomic E-state index is 12.0. The molecule has 1 aliphatic rings. The van der Waals surface area contributed by atoms with Gasteiger partial charge in [0, 0.05) is 5.92 Å². The van der Waals surface area contributed by atoms with Gasteiger partial charge in [-0.25, -0.2) is 0 Å². The molecule has 2 rings (SSSR count). The zero-order valence-electron chi connectivity index (χ0n) is 9.53. The number of carbonyl (C=O) groups excluding carboxylic acids is 1. The maximum atomic E-state index is 12.0. The van der Waals surface area contributed by atoms with Crippen LogP contribution in [-0.4, -0.2) is 19.1 Å². The van der Waals surface area contributed by atoms with E-state index in [1.165, 1.54) is 0 Å². The van der Waals surface area contributed by atoms with Crippen molar-refractivity contribution in [2.24, 2.45) is 5.92 Å². The zero-order chi connectivity index (χ0) is 12.3. The van der Waals surface area contributed by atoms with Crippen molar-refractivity contribution in [3.8, 4) is 11.5 Å². The first-order valence-corrected chi connectivity index (χ1v) is 5.49. The van der Waals surface area contributed by atoms with E-state index in [0.717, 1.165) is 11.1 Å². The van der Waals surface area contributed by atoms with Crippen LogP contribution in [0.3, 0.4) is 0 Å². The largest absolute Gasteiger partial charge is 0.486 e. The summed E-state index contributed by atoms with van der Waals surface area (Å²) in [6.07, 6.45) is 0.465. The van der Waals surface area contributed by atoms with Gasteiger partial charge in [0.25, 0.3) is 5.91 Å². The van der Waals surface area contributed by atoms with Crippen LogP contribution in [0.2, 0.25) is 0 Å². The van der Waals surface area contributed by atoms with E-state index < -0.39 is 11.8 Å². The van der Waals surface area contributed by atoms with Crippen molar-refractivity contribution in [2.45, 2.75) is 13.3 Å². The number of fused-ring (bicyclic) bond motifs is 1. The predicted octanol–water partition coefficient (Wildman–Crippen LogP) is 1.64. The van der Waals surface area contributed by atoms with Crippen molar-refractivity contribution < 1.29 is 18.7 Å². The molecular weight excluding hydrogens is 225 g/mol. The smallest absolute Gasteiger partial charge is 0.250 e. The lowest BCUT2D eigenvalue weighted by molar-refractivity contribution is -0.128. The Morgan fingerprint density at radius 3 is 2.82 bits per heavy atom. The Morgan fingerprint density at radius 2 is 2.12 bits per heavy atom. The first-order chi connectivity index (χ1) is 8.20. The van der Waals surface area contributed by atoms with Crippen LogP contribution in [0.4, 0.5) is 4.48 Å². The van der Waals surface area contributed by atoms with Gasteiger partial charge in [-0.2, -0.15) is 5.54 Å². The monoisotopic (exact) mass is 239 g/mol. The van der Waals surface area contributed by atoms with Gasteiger partial charge in [0.05, 0.1) is 0 Å². The number of ether oxygens (including phenoxy) is 2. The average molecular weight is 239 g/mol. The number of amides is 1. The van der Waals surface area contributed by atoms with Gasteiger partial charge in [0.2, 0.25) is 0 Å². The minimum atomic E-state index is -0.611. The van der Waals surface area contributed by atoms with Crippen LogP contribution in [0.5, 0.6) is 11.5 Å². The van der Waals surface area contributed by atoms with Gasteiger partial charge in [-0.15, -0.1) is 4.48 Å². The molecule has 1 aromatic rings. The van der Waals surface area contributed by atoms with Crippen LogP contribution in [0.25, 0.3) is 0 Å². The molecule has 5 heteroatoms. The van der Waals surface area contributed by atoms with E-state index in [-0.39, 0.29) is 0 Å². The molecule has 1 amide bonds. The quantitative estimate of drug-likeness (QED) is 0.816. The highest BCUT2D eigenvalue weighted by atomic mass is 19.2. The Balaban J connectivity index is 2.09. The summed E-state index contributed by atoms with van der Waals surface area (Å²) >= 11 is 0. The predicted molar refractivity (Wildman–Crippen MR) is 59.6 cm³/mol. The molecule has 1 heterocycles. The molecule has 1 atom stereocenters. The number of halogens is 1. The highest BCUT2D eigenvalue weighted by Gasteiger charge is 2.16. The van der Waals surface area contributed by atoms with Crippen LogP contribution in [-0.2, 0) is 11.2 Å². The van der Waals surface area contributed by atoms with E-state index in [0.29, 0.717) is 31.1 Å². The first-order valence-electron chi connectivity index (χ1n) is 5.49. The van der Waals surface area contributed by atoms with Crippen molar-refractivity contribution in [1.29, 1.82) is 0 Å². The number of carbonyl (C=O) groups is 1. The Hall–Kier alpha value is -1.78. The summed E-state index contributed by atoms with van der Waals surface area (Å²) in [4.78, 5) is 11.1. The molecule has 1 aromatic carbocycles. The van der Waals surface area contributed by atoms with Gasteiger partial charge < -0.3 is 9.47 Å². The second-order valence-electron chi connectivity index (χ2n) is 4.04. The molecule has 0 saturated carbocycles. The summed E-state index contributed by atoms with van der Waals surface area (Å²) in [5, 5.41) is 0. The summed E-state index contributed by atoms with van der Waals surface area (Å²) in [6.45, 7) is 2.75. The van der Waals surface area contributed by atoms with Crippen LogP contribution in [0.15, 0.2) is 18.2 Å². The Morgan fingerprint density at radius 1 is 1.41 bits per heavy atom. The summed E-state index contributed by atoms with van der Waals surface area (Å²) in [5.41, 5.74) is 2.07. The Labute approximate surface area is 98.7 Å². The van der Waals surface area contributed by atoms with E-state index in [4.69, 9.17) is 9.47 Å². The van der Waals surface area contributed by atoms with E-state index in [2.05, 4.69) is 0 Å². The minimum Gasteiger partial charge on any atom is -0.486 e. The lowest BCUT2D eigenvalue weighted by Crippen LogP contribution is -2.24. The lowest BCUT2D eigenvalue weighted by atomic mass is 10.0. The Bertz CT molecular complexity index is 422. The highest BCUT2D eigenvalue weighted by Crippen LogP contribution is 2.31. The van der Waals surface area contributed by atoms with Gasteiger partial charge in [0.1, 0.15) is 13.2 Å². The fraction of sp³-hybridized carbons (Fsp3) is 0.417. The van der Waals surface area contributed by atoms with Crippen molar-refractivity contribution >= 4 is 5.91 Å². The van der Waals surface area contributed by atoms with E-state index in [1.54, 1.807) is 6.92 Å². The molecule has 0 radical (unpaired) electrons. The van der Waals surface area contributed by atoms with Crippen molar-refractivity contribution in [3.63, 3.8) is 0 Å². The molecule has 17 heavy (non-hydrogen) atoms. The second-order valence-corrected chi connectivity index (χ2v) is 4.04. The fourth-order valence-corrected chi connectivity index (χ4v) is 1.75. The van der Waals surface area contributed by atoms with Gasteiger partial charge >= 0.3 is 0 Å². The topological polar surface area (TPSA) is 47.6 Å². The Kier molecular flexibility index (Phi) is 3.46. The third-order valence-electron chi connectivity index (χ3n) is 2.69. The molecule has 0 spiro atoms. The molecule has 0 unspecified atom stereocenters. The third kappa shape index (κ3) is 2.67. The third-order valence-corrected chi connectivity index (χ3v) is 2.69. The maximum Gasteiger partial charge on any atom is 0.250 e. The van der Waals surface area contributed by atoms with Crippen molar-refractivity contribution in [2.75, 3.05) is 13.2 Å². The first kappa shape index (κ1) is 11.7. The minimum absolute atomic E-state index is 0.414. The van der Waals surface area contributed by atoms with Crippen molar-refractivity contribution in [3.05, 3.63) is 23.8 Å². The lowest BCUT2D eigenvalue weighted by Gasteiger charge is -2.19. The SMILES string of the molecule is C[C@@H](Cc1ccc2c(c1)OCCO2)C(=O)NF. The van der Waals surface area contributed by atoms with Crippen LogP contribution in [0.1, 0.15) is 12.5 Å². The van der Waals surface area contributed by atoms with Gasteiger partial charge in [-0.1, -0.05) is 13.0 Å². The molecule has 0 saturated heterocycles. The number of hydrogen-bond donors (Lipinski definition) is 1. The average Bonchev–Trinajstić information content (AvgIpc) is 2.37. The van der Waals surface area contributed by atoms with E-state index in [9.17, 15) is 9.28 Å². The van der Waals surface area contributed by atoms with Gasteiger partial charge in [-0.3, -0.25) is 4.79 Å². The van der Waals surface area contributed by atoms with Crippen LogP contribution in [0, 0.1) is 5.92 Å². The summed E-state index contributed by atoms with van der Waals surface area (Å²) < 4.78 is 22.8. The molecule has 0 aliphatic carbocycles. The molecule has 92 valence electrons. The summed E-state index contributed by atoms with van der Waals surface area (Å²) in [7, 11) is 0. The molecule has 4 nitrogen and oxygen atoms in total. The molecule has 1 aliphatic heterocycles. The van der Waals surface area contributed by atoms with E-state index >= 15 is 0 Å². The number of benzene rings is 1. The standard InChI is InChI=1S/C12H14FNO3/c1-8(12(15)14-13)6-9-2-3-10-11(7-9)17-5-4-16-10/h2-3,7-8H,4-6H2,1H3,(H,14,15)/t8-/m0/s1. The van der Waals surface area contributed by atoms with Crippen LogP contribution < -0.4 is 15.0 Å². The van der Waals surface area contributed by atoms with Crippen molar-refractivity contribution in [1.82, 2.24) is 5.54 Å². The van der Waals surface area contributed by atoms with E-state index in [1.807, 2.05) is 18.2 Å². The zero-order valence-corrected chi connectivity index (χ0v) is 9.53.